The van der Waals surface area contributed by atoms with Gasteiger partial charge in [-0.05, 0) is 25.0 Å². The van der Waals surface area contributed by atoms with E-state index in [4.69, 9.17) is 4.84 Å². The summed E-state index contributed by atoms with van der Waals surface area (Å²) < 4.78 is 15.2. The average Bonchev–Trinajstić information content (AvgIpc) is 3.17. The maximum absolute atomic E-state index is 13.6. The van der Waals surface area contributed by atoms with Crippen LogP contribution in [-0.4, -0.2) is 32.9 Å². The molecule has 6 heteroatoms. The number of carbonyl (C=O) groups is 1. The number of carbonyl (C=O) groups excluding carboxylic acids is 1. The van der Waals surface area contributed by atoms with Crippen LogP contribution >= 0.6 is 0 Å². The van der Waals surface area contributed by atoms with E-state index in [-0.39, 0.29) is 17.6 Å². The molecule has 0 atom stereocenters. The third kappa shape index (κ3) is 1.69. The second kappa shape index (κ2) is 3.80. The minimum atomic E-state index is -1.02. The first-order valence-corrected chi connectivity index (χ1v) is 7.70. The molecule has 1 amide bonds. The molecule has 22 heavy (non-hydrogen) atoms. The largest absolute Gasteiger partial charge is 0.410 e. The monoisotopic (exact) mass is 301 g/mol. The van der Waals surface area contributed by atoms with Crippen LogP contribution in [0.5, 0.6) is 0 Å². The van der Waals surface area contributed by atoms with E-state index in [1.54, 1.807) is 17.1 Å². The zero-order chi connectivity index (χ0) is 14.9. The van der Waals surface area contributed by atoms with Gasteiger partial charge in [0.05, 0.1) is 6.20 Å². The smallest absolute Gasteiger partial charge is 0.271 e. The van der Waals surface area contributed by atoms with E-state index in [1.165, 1.54) is 0 Å². The number of fused-ring (bicyclic) bond motifs is 1. The summed E-state index contributed by atoms with van der Waals surface area (Å²) >= 11 is 0. The van der Waals surface area contributed by atoms with Crippen molar-refractivity contribution >= 4 is 16.8 Å². The van der Waals surface area contributed by atoms with E-state index in [0.29, 0.717) is 25.0 Å². The number of rotatable bonds is 4. The number of halogens is 1. The van der Waals surface area contributed by atoms with Crippen LogP contribution in [-0.2, 0) is 0 Å². The third-order valence-electron chi connectivity index (χ3n) is 4.92. The van der Waals surface area contributed by atoms with E-state index in [0.717, 1.165) is 23.7 Å². The molecule has 5 nitrogen and oxygen atoms in total. The van der Waals surface area contributed by atoms with Crippen molar-refractivity contribution in [1.82, 2.24) is 15.0 Å². The Labute approximate surface area is 126 Å². The Bertz CT molecular complexity index is 776. The zero-order valence-corrected chi connectivity index (χ0v) is 12.0. The molecule has 2 heterocycles. The molecule has 4 aliphatic carbocycles. The summed E-state index contributed by atoms with van der Waals surface area (Å²) in [6.45, 7) is 0. The first kappa shape index (κ1) is 12.4. The fourth-order valence-electron chi connectivity index (χ4n) is 3.72. The van der Waals surface area contributed by atoms with Gasteiger partial charge in [0.15, 0.2) is 0 Å². The van der Waals surface area contributed by atoms with Gasteiger partial charge < -0.3 is 10.2 Å². The van der Waals surface area contributed by atoms with Gasteiger partial charge in [-0.3, -0.25) is 9.78 Å². The number of amides is 1. The van der Waals surface area contributed by atoms with Crippen molar-refractivity contribution in [2.24, 2.45) is 0 Å². The van der Waals surface area contributed by atoms with Gasteiger partial charge >= 0.3 is 0 Å². The maximum atomic E-state index is 13.6. The van der Waals surface area contributed by atoms with Crippen molar-refractivity contribution < 1.29 is 14.0 Å². The SMILES string of the molecule is O=C(NC12CC(F)(C1)C2)c1cc2ccncc2n1OC1CC1. The van der Waals surface area contributed by atoms with Crippen molar-refractivity contribution in [3.05, 3.63) is 30.2 Å². The molecule has 6 rings (SSSR count). The molecule has 4 aliphatic rings. The van der Waals surface area contributed by atoms with Crippen LogP contribution in [0.1, 0.15) is 42.6 Å². The molecule has 0 aromatic carbocycles. The maximum Gasteiger partial charge on any atom is 0.271 e. The molecule has 4 fully saturated rings. The number of alkyl halides is 1. The molecular weight excluding hydrogens is 285 g/mol. The minimum Gasteiger partial charge on any atom is -0.410 e. The molecule has 1 N–H and O–H groups in total. The Balaban J connectivity index is 1.48. The van der Waals surface area contributed by atoms with Crippen LogP contribution in [0.3, 0.4) is 0 Å². The Hall–Kier alpha value is -2.11. The highest BCUT2D eigenvalue weighted by Gasteiger charge is 2.70. The quantitative estimate of drug-likeness (QED) is 0.940. The predicted molar refractivity (Wildman–Crippen MR) is 77.2 cm³/mol. The van der Waals surface area contributed by atoms with E-state index < -0.39 is 5.67 Å². The van der Waals surface area contributed by atoms with Gasteiger partial charge in [-0.25, -0.2) is 4.39 Å². The lowest BCUT2D eigenvalue weighted by Crippen LogP contribution is -2.76. The Morgan fingerprint density at radius 3 is 2.86 bits per heavy atom. The van der Waals surface area contributed by atoms with E-state index in [1.807, 2.05) is 12.1 Å². The van der Waals surface area contributed by atoms with Gasteiger partial charge in [0.25, 0.3) is 5.91 Å². The molecular formula is C16H16FN3O2. The average molecular weight is 301 g/mol. The van der Waals surface area contributed by atoms with E-state index >= 15 is 0 Å². The fraction of sp³-hybridized carbons (Fsp3) is 0.500. The van der Waals surface area contributed by atoms with E-state index in [2.05, 4.69) is 10.3 Å². The highest BCUT2D eigenvalue weighted by atomic mass is 19.1. The molecule has 0 saturated heterocycles. The van der Waals surface area contributed by atoms with Crippen LogP contribution in [0.4, 0.5) is 4.39 Å². The van der Waals surface area contributed by atoms with Crippen LogP contribution < -0.4 is 10.2 Å². The van der Waals surface area contributed by atoms with Crippen molar-refractivity contribution in [3.8, 4) is 0 Å². The second-order valence-corrected chi connectivity index (χ2v) is 6.98. The summed E-state index contributed by atoms with van der Waals surface area (Å²) in [6, 6.07) is 3.67. The first-order valence-electron chi connectivity index (χ1n) is 7.70. The van der Waals surface area contributed by atoms with Gasteiger partial charge in [-0.15, -0.1) is 0 Å². The Morgan fingerprint density at radius 1 is 1.41 bits per heavy atom. The predicted octanol–water partition coefficient (Wildman–Crippen LogP) is 2.00. The van der Waals surface area contributed by atoms with Crippen LogP contribution in [0, 0.1) is 0 Å². The minimum absolute atomic E-state index is 0.173. The van der Waals surface area contributed by atoms with Gasteiger partial charge in [0.2, 0.25) is 0 Å². The molecule has 0 radical (unpaired) electrons. The standard InChI is InChI=1S/C16H16FN3O2/c17-15-7-16(8-15,9-15)19-14(21)12-5-10-3-4-18-6-13(10)20(12)22-11-1-2-11/h3-6,11H,1-2,7-9H2,(H,19,21). The van der Waals surface area contributed by atoms with Crippen LogP contribution in [0.25, 0.3) is 10.9 Å². The molecule has 2 bridgehead atoms. The van der Waals surface area contributed by atoms with Crippen molar-refractivity contribution in [1.29, 1.82) is 0 Å². The van der Waals surface area contributed by atoms with Gasteiger partial charge in [0.1, 0.15) is 23.0 Å². The molecule has 0 unspecified atom stereocenters. The summed E-state index contributed by atoms with van der Waals surface area (Å²) in [5, 5.41) is 3.91. The Kier molecular flexibility index (Phi) is 2.15. The summed E-state index contributed by atoms with van der Waals surface area (Å²) in [5.41, 5.74) is -0.0917. The highest BCUT2D eigenvalue weighted by molar-refractivity contribution is 5.99. The highest BCUT2D eigenvalue weighted by Crippen LogP contribution is 2.62. The lowest BCUT2D eigenvalue weighted by molar-refractivity contribution is -0.162. The van der Waals surface area contributed by atoms with E-state index in [9.17, 15) is 9.18 Å². The molecule has 4 saturated carbocycles. The van der Waals surface area contributed by atoms with Crippen LogP contribution in [0.2, 0.25) is 0 Å². The summed E-state index contributed by atoms with van der Waals surface area (Å²) in [7, 11) is 0. The van der Waals surface area contributed by atoms with Crippen LogP contribution in [0.15, 0.2) is 24.5 Å². The van der Waals surface area contributed by atoms with Crippen molar-refractivity contribution in [3.63, 3.8) is 0 Å². The summed E-state index contributed by atoms with van der Waals surface area (Å²) in [6.07, 6.45) is 6.91. The summed E-state index contributed by atoms with van der Waals surface area (Å²) in [5.74, 6) is -0.196. The molecule has 2 aromatic heterocycles. The number of nitrogens with one attached hydrogen (secondary N) is 1. The van der Waals surface area contributed by atoms with Gasteiger partial charge in [-0.1, -0.05) is 0 Å². The lowest BCUT2D eigenvalue weighted by atomic mass is 9.47. The Morgan fingerprint density at radius 2 is 2.18 bits per heavy atom. The molecule has 0 aliphatic heterocycles. The third-order valence-corrected chi connectivity index (χ3v) is 4.92. The second-order valence-electron chi connectivity index (χ2n) is 6.98. The molecule has 114 valence electrons. The number of hydrogen-bond acceptors (Lipinski definition) is 3. The molecule has 0 spiro atoms. The van der Waals surface area contributed by atoms with Gasteiger partial charge in [-0.2, -0.15) is 4.73 Å². The fourth-order valence-corrected chi connectivity index (χ4v) is 3.72. The topological polar surface area (TPSA) is 56.2 Å². The summed E-state index contributed by atoms with van der Waals surface area (Å²) in [4.78, 5) is 22.6. The normalized spacial score (nSPS) is 32.2. The number of aromatic nitrogens is 2. The number of nitrogens with zero attached hydrogens (tertiary/aromatic N) is 2. The van der Waals surface area contributed by atoms with Gasteiger partial charge in [0, 0.05) is 36.4 Å². The lowest BCUT2D eigenvalue weighted by Gasteiger charge is -2.65. The zero-order valence-electron chi connectivity index (χ0n) is 12.0. The van der Waals surface area contributed by atoms with Crippen molar-refractivity contribution in [2.45, 2.75) is 49.4 Å². The molecule has 2 aromatic rings. The number of hydrogen-bond donors (Lipinski definition) is 1. The number of pyridine rings is 1. The first-order chi connectivity index (χ1) is 10.6. The van der Waals surface area contributed by atoms with Crippen molar-refractivity contribution in [2.75, 3.05) is 0 Å².